The predicted molar refractivity (Wildman–Crippen MR) is 79.6 cm³/mol. The van der Waals surface area contributed by atoms with Gasteiger partial charge in [0.15, 0.2) is 0 Å². The molecule has 1 N–H and O–H groups in total. The van der Waals surface area contributed by atoms with Gasteiger partial charge >= 0.3 is 6.18 Å². The summed E-state index contributed by atoms with van der Waals surface area (Å²) < 4.78 is 43.9. The van der Waals surface area contributed by atoms with E-state index in [0.717, 1.165) is 6.07 Å². The van der Waals surface area contributed by atoms with E-state index in [1.807, 2.05) is 0 Å². The molecule has 0 unspecified atom stereocenters. The third-order valence-electron chi connectivity index (χ3n) is 2.94. The number of nitrogens with one attached hydrogen (secondary N) is 1. The Morgan fingerprint density at radius 2 is 2.05 bits per heavy atom. The summed E-state index contributed by atoms with van der Waals surface area (Å²) in [6, 6.07) is 5.35. The maximum absolute atomic E-state index is 12.9. The van der Waals surface area contributed by atoms with Crippen molar-refractivity contribution in [2.24, 2.45) is 0 Å². The Kier molecular flexibility index (Phi) is 4.75. The Bertz CT molecular complexity index is 680. The number of hydrogen-bond donors (Lipinski definition) is 1. The largest absolute Gasteiger partial charge is 0.492 e. The fourth-order valence-corrected chi connectivity index (χ4v) is 2.65. The van der Waals surface area contributed by atoms with E-state index in [2.05, 4.69) is 5.32 Å². The highest BCUT2D eigenvalue weighted by atomic mass is 32.1. The van der Waals surface area contributed by atoms with Crippen molar-refractivity contribution in [3.8, 4) is 5.75 Å². The van der Waals surface area contributed by atoms with Crippen LogP contribution in [0.3, 0.4) is 0 Å². The lowest BCUT2D eigenvalue weighted by Gasteiger charge is -2.13. The second-order valence-electron chi connectivity index (χ2n) is 4.53. The molecule has 0 aliphatic rings. The van der Waals surface area contributed by atoms with Gasteiger partial charge in [0.25, 0.3) is 5.91 Å². The molecule has 0 radical (unpaired) electrons. The number of rotatable bonds is 4. The van der Waals surface area contributed by atoms with Gasteiger partial charge in [-0.1, -0.05) is 6.07 Å². The van der Waals surface area contributed by atoms with Gasteiger partial charge in [0, 0.05) is 5.69 Å². The van der Waals surface area contributed by atoms with Crippen LogP contribution < -0.4 is 10.1 Å². The standard InChI is InChI=1S/C15H14F3NO2S/c1-3-21-12-6-7-22-13(12)14(20)19-10-5-4-9(2)11(8-10)15(16,17)18/h4-8H,3H2,1-2H3,(H,19,20). The van der Waals surface area contributed by atoms with Crippen LogP contribution in [0.15, 0.2) is 29.6 Å². The van der Waals surface area contributed by atoms with E-state index < -0.39 is 17.6 Å². The lowest BCUT2D eigenvalue weighted by molar-refractivity contribution is -0.138. The molecule has 1 heterocycles. The van der Waals surface area contributed by atoms with Crippen LogP contribution in [0.5, 0.6) is 5.75 Å². The van der Waals surface area contributed by atoms with E-state index in [-0.39, 0.29) is 11.3 Å². The number of benzene rings is 1. The van der Waals surface area contributed by atoms with Crippen LogP contribution in [-0.2, 0) is 6.18 Å². The zero-order valence-corrected chi connectivity index (χ0v) is 12.8. The average molecular weight is 329 g/mol. The number of alkyl halides is 3. The molecule has 0 aliphatic heterocycles. The van der Waals surface area contributed by atoms with Crippen molar-refractivity contribution in [3.63, 3.8) is 0 Å². The average Bonchev–Trinajstić information content (AvgIpc) is 2.88. The number of hydrogen-bond acceptors (Lipinski definition) is 3. The number of thiophene rings is 1. The summed E-state index contributed by atoms with van der Waals surface area (Å²) in [5.41, 5.74) is -0.558. The summed E-state index contributed by atoms with van der Waals surface area (Å²) in [5, 5.41) is 4.16. The van der Waals surface area contributed by atoms with Gasteiger partial charge in [-0.2, -0.15) is 13.2 Å². The van der Waals surface area contributed by atoms with Crippen LogP contribution in [0.1, 0.15) is 27.7 Å². The van der Waals surface area contributed by atoms with Crippen molar-refractivity contribution in [3.05, 3.63) is 45.6 Å². The zero-order valence-electron chi connectivity index (χ0n) is 12.0. The van der Waals surface area contributed by atoms with Crippen LogP contribution in [0.2, 0.25) is 0 Å². The Hall–Kier alpha value is -2.02. The zero-order chi connectivity index (χ0) is 16.3. The molecule has 0 aliphatic carbocycles. The van der Waals surface area contributed by atoms with E-state index in [0.29, 0.717) is 17.2 Å². The minimum absolute atomic E-state index is 0.0961. The number of carbonyl (C=O) groups excluding carboxylic acids is 1. The van der Waals surface area contributed by atoms with Gasteiger partial charge < -0.3 is 10.1 Å². The summed E-state index contributed by atoms with van der Waals surface area (Å²) in [6.07, 6.45) is -4.45. The SMILES string of the molecule is CCOc1ccsc1C(=O)Nc1ccc(C)c(C(F)(F)F)c1. The maximum atomic E-state index is 12.9. The van der Waals surface area contributed by atoms with Gasteiger partial charge in [-0.05, 0) is 43.0 Å². The van der Waals surface area contributed by atoms with E-state index in [4.69, 9.17) is 4.74 Å². The first-order valence-corrected chi connectivity index (χ1v) is 7.40. The molecule has 2 aromatic rings. The summed E-state index contributed by atoms with van der Waals surface area (Å²) in [7, 11) is 0. The first-order valence-electron chi connectivity index (χ1n) is 6.52. The molecule has 0 atom stereocenters. The molecule has 0 saturated heterocycles. The van der Waals surface area contributed by atoms with Crippen LogP contribution in [-0.4, -0.2) is 12.5 Å². The van der Waals surface area contributed by atoms with Crippen LogP contribution in [0.4, 0.5) is 18.9 Å². The summed E-state index contributed by atoms with van der Waals surface area (Å²) in [4.78, 5) is 12.5. The normalized spacial score (nSPS) is 11.3. The third kappa shape index (κ3) is 3.59. The van der Waals surface area contributed by atoms with Crippen molar-refractivity contribution in [2.75, 3.05) is 11.9 Å². The predicted octanol–water partition coefficient (Wildman–Crippen LogP) is 4.73. The first-order chi connectivity index (χ1) is 10.3. The number of aryl methyl sites for hydroxylation is 1. The molecule has 0 saturated carbocycles. The quantitative estimate of drug-likeness (QED) is 0.881. The van der Waals surface area contributed by atoms with E-state index in [9.17, 15) is 18.0 Å². The molecule has 3 nitrogen and oxygen atoms in total. The number of halogens is 3. The van der Waals surface area contributed by atoms with Crippen LogP contribution >= 0.6 is 11.3 Å². The summed E-state index contributed by atoms with van der Waals surface area (Å²) in [5.74, 6) is -0.0661. The topological polar surface area (TPSA) is 38.3 Å². The molecule has 0 spiro atoms. The maximum Gasteiger partial charge on any atom is 0.416 e. The van der Waals surface area contributed by atoms with Gasteiger partial charge in [-0.15, -0.1) is 11.3 Å². The highest BCUT2D eigenvalue weighted by Gasteiger charge is 2.32. The molecule has 1 amide bonds. The van der Waals surface area contributed by atoms with Crippen molar-refractivity contribution in [2.45, 2.75) is 20.0 Å². The molecular weight excluding hydrogens is 315 g/mol. The second kappa shape index (κ2) is 6.39. The van der Waals surface area contributed by atoms with Gasteiger partial charge in [0.05, 0.1) is 12.2 Å². The Morgan fingerprint density at radius 1 is 1.32 bits per heavy atom. The number of anilines is 1. The van der Waals surface area contributed by atoms with Gasteiger partial charge in [0.2, 0.25) is 0 Å². The number of ether oxygens (including phenoxy) is 1. The monoisotopic (exact) mass is 329 g/mol. The summed E-state index contributed by atoms with van der Waals surface area (Å²) in [6.45, 7) is 3.57. The molecule has 118 valence electrons. The van der Waals surface area contributed by atoms with Gasteiger partial charge in [-0.25, -0.2) is 0 Å². The van der Waals surface area contributed by atoms with Crippen LogP contribution in [0, 0.1) is 6.92 Å². The second-order valence-corrected chi connectivity index (χ2v) is 5.44. The molecule has 2 rings (SSSR count). The van der Waals surface area contributed by atoms with Crippen molar-refractivity contribution < 1.29 is 22.7 Å². The van der Waals surface area contributed by atoms with Crippen molar-refractivity contribution in [1.82, 2.24) is 0 Å². The van der Waals surface area contributed by atoms with Gasteiger partial charge in [-0.3, -0.25) is 4.79 Å². The molecule has 1 aromatic heterocycles. The minimum Gasteiger partial charge on any atom is -0.492 e. The molecular formula is C15H14F3NO2S. The van der Waals surface area contributed by atoms with Crippen molar-refractivity contribution in [1.29, 1.82) is 0 Å². The molecule has 1 aromatic carbocycles. The molecule has 0 fully saturated rings. The Balaban J connectivity index is 2.24. The third-order valence-corrected chi connectivity index (χ3v) is 3.83. The smallest absolute Gasteiger partial charge is 0.416 e. The Morgan fingerprint density at radius 3 is 2.68 bits per heavy atom. The fraction of sp³-hybridized carbons (Fsp3) is 0.267. The van der Waals surface area contributed by atoms with E-state index in [1.165, 1.54) is 30.4 Å². The van der Waals surface area contributed by atoms with E-state index >= 15 is 0 Å². The highest BCUT2D eigenvalue weighted by Crippen LogP contribution is 2.34. The molecule has 7 heteroatoms. The van der Waals surface area contributed by atoms with Gasteiger partial charge in [0.1, 0.15) is 10.6 Å². The lowest BCUT2D eigenvalue weighted by atomic mass is 10.1. The molecule has 22 heavy (non-hydrogen) atoms. The minimum atomic E-state index is -4.45. The van der Waals surface area contributed by atoms with Crippen molar-refractivity contribution >= 4 is 22.9 Å². The number of amides is 1. The first kappa shape index (κ1) is 16.4. The van der Waals surface area contributed by atoms with E-state index in [1.54, 1.807) is 18.4 Å². The molecule has 0 bridgehead atoms. The van der Waals surface area contributed by atoms with Crippen LogP contribution in [0.25, 0.3) is 0 Å². The highest BCUT2D eigenvalue weighted by molar-refractivity contribution is 7.12. The number of carbonyl (C=O) groups is 1. The summed E-state index contributed by atoms with van der Waals surface area (Å²) >= 11 is 1.17. The fourth-order valence-electron chi connectivity index (χ4n) is 1.93. The Labute approximate surface area is 129 Å². The lowest BCUT2D eigenvalue weighted by Crippen LogP contribution is -2.13.